The Kier molecular flexibility index (Phi) is 13.7. The number of fused-ring (bicyclic) bond motifs is 5. The molecule has 5 atom stereocenters. The fraction of sp³-hybridized carbons (Fsp3) is 0.442. The molecule has 3 aliphatic rings. The first-order valence-electron chi connectivity index (χ1n) is 19.9. The number of carbonyl (C=O) groups is 3. The molecule has 60 heavy (non-hydrogen) atoms. The van der Waals surface area contributed by atoms with Crippen molar-refractivity contribution in [3.63, 3.8) is 0 Å². The molecule has 1 amide bonds. The lowest BCUT2D eigenvalue weighted by molar-refractivity contribution is -0.241. The zero-order chi connectivity index (χ0) is 43.3. The van der Waals surface area contributed by atoms with Gasteiger partial charge >= 0.3 is 12.1 Å². The molecule has 0 bridgehead atoms. The lowest BCUT2D eigenvalue weighted by Gasteiger charge is -2.35. The second kappa shape index (κ2) is 18.7. The molecule has 0 saturated carbocycles. The van der Waals surface area contributed by atoms with Crippen LogP contribution in [0.4, 0.5) is 5.69 Å². The Morgan fingerprint density at radius 2 is 1.78 bits per heavy atom. The molecule has 0 radical (unpaired) electrons. The molecule has 0 spiro atoms. The monoisotopic (exact) mass is 828 g/mol. The van der Waals surface area contributed by atoms with Crippen LogP contribution in [0.2, 0.25) is 0 Å². The number of esters is 1. The zero-order valence-electron chi connectivity index (χ0n) is 33.3. The molecule has 2 aromatic carbocycles. The minimum atomic E-state index is -1.71. The number of anilines is 1. The first kappa shape index (κ1) is 43.9. The van der Waals surface area contributed by atoms with Crippen molar-refractivity contribution in [3.05, 3.63) is 86.2 Å². The number of Topliss-reactive ketones (excluding diaryl/α,β-unsaturated/α-hetero) is 1. The number of hydrogen-bond donors (Lipinski definition) is 6. The van der Waals surface area contributed by atoms with Gasteiger partial charge in [0.1, 0.15) is 36.3 Å². The van der Waals surface area contributed by atoms with Gasteiger partial charge in [-0.3, -0.25) is 19.2 Å². The Labute approximate surface area is 344 Å². The molecule has 1 unspecified atom stereocenters. The van der Waals surface area contributed by atoms with E-state index in [1.54, 1.807) is 29.7 Å². The van der Waals surface area contributed by atoms with E-state index >= 15 is 0 Å². The molecule has 7 rings (SSSR count). The number of aryl methyl sites for hydroxylation is 1. The summed E-state index contributed by atoms with van der Waals surface area (Å²) in [5, 5.41) is 45.2. The Balaban J connectivity index is 0.00000195. The fourth-order valence-electron chi connectivity index (χ4n) is 7.94. The van der Waals surface area contributed by atoms with Crippen molar-refractivity contribution in [1.82, 2.24) is 9.55 Å². The topological polar surface area (TPSA) is 267 Å². The molecule has 17 heteroatoms. The van der Waals surface area contributed by atoms with Gasteiger partial charge in [0.05, 0.1) is 42.2 Å². The van der Waals surface area contributed by atoms with Crippen LogP contribution in [-0.2, 0) is 71.5 Å². The predicted molar refractivity (Wildman–Crippen MR) is 212 cm³/mol. The molecular formula is C43H48N4O13. The van der Waals surface area contributed by atoms with E-state index in [2.05, 4.69) is 12.2 Å². The summed E-state index contributed by atoms with van der Waals surface area (Å²) in [5.41, 5.74) is 9.82. The average molecular weight is 829 g/mol. The number of ketones is 1. The molecule has 7 N–H and O–H groups in total. The van der Waals surface area contributed by atoms with Crippen LogP contribution in [0.3, 0.4) is 0 Å². The van der Waals surface area contributed by atoms with Gasteiger partial charge < -0.3 is 50.3 Å². The lowest BCUT2D eigenvalue weighted by atomic mass is 9.77. The van der Waals surface area contributed by atoms with Gasteiger partial charge in [-0.1, -0.05) is 32.4 Å². The van der Waals surface area contributed by atoms with Crippen LogP contribution >= 0.6 is 0 Å². The molecule has 318 valence electrons. The summed E-state index contributed by atoms with van der Waals surface area (Å²) in [4.78, 5) is 73.7. The first-order valence-corrected chi connectivity index (χ1v) is 19.9. The summed E-state index contributed by atoms with van der Waals surface area (Å²) in [6, 6.07) is 12.1. The molecule has 17 nitrogen and oxygen atoms in total. The number of rotatable bonds is 13. The SMILES string of the molecule is CCCCc1c2c(nc3ccc(CC(=O)OCc4ccc(OC5OC[C@@H](O)[C@H](O)[C@H]5O)c(NC(=O)CCN)c4)cc13)-c1cc3c(c(=O)n1C2)CCC(=O)[C@]3(O)CC.O=C=O. The normalized spacial score (nSPS) is 21.5. The number of unbranched alkanes of at least 4 members (excludes halogenated alkanes) is 1. The predicted octanol–water partition coefficient (Wildman–Crippen LogP) is 1.69. The third kappa shape index (κ3) is 8.79. The van der Waals surface area contributed by atoms with Crippen LogP contribution in [0.1, 0.15) is 79.3 Å². The zero-order valence-corrected chi connectivity index (χ0v) is 33.3. The fourth-order valence-corrected chi connectivity index (χ4v) is 7.94. The van der Waals surface area contributed by atoms with Crippen molar-refractivity contribution < 1.29 is 58.6 Å². The maximum absolute atomic E-state index is 13.9. The molecule has 1 saturated heterocycles. The Morgan fingerprint density at radius 1 is 1.03 bits per heavy atom. The van der Waals surface area contributed by atoms with E-state index in [0.29, 0.717) is 45.7 Å². The van der Waals surface area contributed by atoms with Gasteiger partial charge in [0.2, 0.25) is 12.2 Å². The second-order valence-electron chi connectivity index (χ2n) is 15.0. The van der Waals surface area contributed by atoms with Gasteiger partial charge in [-0.15, -0.1) is 0 Å². The van der Waals surface area contributed by atoms with Gasteiger partial charge in [0.25, 0.3) is 5.56 Å². The van der Waals surface area contributed by atoms with Crippen molar-refractivity contribution in [1.29, 1.82) is 0 Å². The Hall–Kier alpha value is -5.65. The number of pyridine rings is 2. The van der Waals surface area contributed by atoms with Gasteiger partial charge in [-0.2, -0.15) is 9.59 Å². The quantitative estimate of drug-likeness (QED) is 0.0923. The van der Waals surface area contributed by atoms with Crippen LogP contribution in [0.25, 0.3) is 22.3 Å². The highest BCUT2D eigenvalue weighted by atomic mass is 16.7. The maximum atomic E-state index is 13.9. The highest BCUT2D eigenvalue weighted by Crippen LogP contribution is 2.41. The van der Waals surface area contributed by atoms with Crippen molar-refractivity contribution in [2.24, 2.45) is 5.73 Å². The molecule has 1 fully saturated rings. The molecular weight excluding hydrogens is 780 g/mol. The second-order valence-corrected chi connectivity index (χ2v) is 15.0. The number of hydrogen-bond acceptors (Lipinski definition) is 15. The van der Waals surface area contributed by atoms with Crippen molar-refractivity contribution >= 4 is 40.4 Å². The Morgan fingerprint density at radius 3 is 2.50 bits per heavy atom. The molecule has 4 aromatic rings. The van der Waals surface area contributed by atoms with E-state index in [9.17, 15) is 39.6 Å². The number of aliphatic hydroxyl groups excluding tert-OH is 3. The van der Waals surface area contributed by atoms with Gasteiger partial charge in [-0.05, 0) is 72.7 Å². The third-order valence-electron chi connectivity index (χ3n) is 11.2. The molecule has 1 aliphatic carbocycles. The standard InChI is InChI=1S/C42H48N4O11.CO2/c1-3-5-6-24-26-15-22(7-10-29(26)45-37-27(24)19-46-31(37)18-28-25(40(46)53)9-12-34(48)42(28,54)4-2)17-36(50)55-20-23-8-11-33(30(16-23)44-35(49)13-14-43)57-41-39(52)38(51)32(47)21-56-41;2-1-3/h7-8,10-11,15-16,18,32,38-39,41,47,51-52,54H,3-6,9,12-14,17,19-21,43H2,1-2H3,(H,44,49);/t32-,38+,39-,41?,42+;/m1./s1. The summed E-state index contributed by atoms with van der Waals surface area (Å²) in [6.07, 6.45) is -2.30. The van der Waals surface area contributed by atoms with Gasteiger partial charge in [0, 0.05) is 41.5 Å². The number of aliphatic hydroxyl groups is 4. The van der Waals surface area contributed by atoms with Crippen LogP contribution in [-0.4, -0.2) is 91.5 Å². The van der Waals surface area contributed by atoms with Crippen molar-refractivity contribution in [2.75, 3.05) is 18.5 Å². The highest BCUT2D eigenvalue weighted by molar-refractivity contribution is 5.93. The number of nitrogens with zero attached hydrogens (tertiary/aromatic N) is 2. The summed E-state index contributed by atoms with van der Waals surface area (Å²) in [5.74, 6) is -1.07. The van der Waals surface area contributed by atoms with E-state index in [0.717, 1.165) is 35.8 Å². The number of benzene rings is 2. The number of amides is 1. The lowest BCUT2D eigenvalue weighted by Crippen LogP contribution is -2.54. The van der Waals surface area contributed by atoms with E-state index in [1.165, 1.54) is 6.07 Å². The smallest absolute Gasteiger partial charge is 0.373 e. The minimum absolute atomic E-state index is 0.0230. The van der Waals surface area contributed by atoms with Crippen LogP contribution in [0, 0.1) is 0 Å². The highest BCUT2D eigenvalue weighted by Gasteiger charge is 2.43. The summed E-state index contributed by atoms with van der Waals surface area (Å²) >= 11 is 0. The number of nitrogens with two attached hydrogens (primary N) is 1. The number of aromatic nitrogens is 2. The van der Waals surface area contributed by atoms with Crippen LogP contribution in [0.5, 0.6) is 5.75 Å². The number of carbonyl (C=O) groups excluding carboxylic acids is 5. The van der Waals surface area contributed by atoms with E-state index in [1.807, 2.05) is 18.2 Å². The molecule has 2 aromatic heterocycles. The average Bonchev–Trinajstić information content (AvgIpc) is 3.60. The largest absolute Gasteiger partial charge is 0.461 e. The van der Waals surface area contributed by atoms with E-state index in [4.69, 9.17) is 34.5 Å². The van der Waals surface area contributed by atoms with Crippen LogP contribution in [0.15, 0.2) is 47.3 Å². The van der Waals surface area contributed by atoms with E-state index in [-0.39, 0.29) is 80.8 Å². The summed E-state index contributed by atoms with van der Waals surface area (Å²) in [7, 11) is 0. The number of ether oxygens (including phenoxy) is 3. The van der Waals surface area contributed by atoms with Crippen molar-refractivity contribution in [3.8, 4) is 17.1 Å². The Bertz CT molecular complexity index is 2390. The third-order valence-corrected chi connectivity index (χ3v) is 11.2. The van der Waals surface area contributed by atoms with Gasteiger partial charge in [-0.25, -0.2) is 4.98 Å². The first-order chi connectivity index (χ1) is 28.8. The minimum Gasteiger partial charge on any atom is -0.461 e. The van der Waals surface area contributed by atoms with Crippen LogP contribution < -0.4 is 21.3 Å². The molecule has 4 heterocycles. The molecule has 2 aliphatic heterocycles. The van der Waals surface area contributed by atoms with E-state index < -0.39 is 42.1 Å². The summed E-state index contributed by atoms with van der Waals surface area (Å²) < 4.78 is 18.5. The maximum Gasteiger partial charge on any atom is 0.373 e. The van der Waals surface area contributed by atoms with Gasteiger partial charge in [0.15, 0.2) is 5.78 Å². The number of nitrogens with one attached hydrogen (secondary N) is 1. The summed E-state index contributed by atoms with van der Waals surface area (Å²) in [6.45, 7) is 3.87. The van der Waals surface area contributed by atoms with Crippen molar-refractivity contribution in [2.45, 2.75) is 109 Å².